The number of hydrogen-bond donors (Lipinski definition) is 3. The molecule has 100 valence electrons. The summed E-state index contributed by atoms with van der Waals surface area (Å²) in [6.45, 7) is 7.91. The zero-order valence-corrected chi connectivity index (χ0v) is 11.3. The lowest BCUT2D eigenvalue weighted by atomic mass is 9.92. The van der Waals surface area contributed by atoms with Gasteiger partial charge in [0.15, 0.2) is 0 Å². The van der Waals surface area contributed by atoms with E-state index in [1.165, 1.54) is 0 Å². The molecule has 0 aliphatic carbocycles. The molecule has 1 aliphatic heterocycles. The molecular weight excluding hydrogens is 214 g/mol. The van der Waals surface area contributed by atoms with Gasteiger partial charge in [-0.15, -0.1) is 0 Å². The van der Waals surface area contributed by atoms with Crippen molar-refractivity contribution in [3.8, 4) is 0 Å². The van der Waals surface area contributed by atoms with E-state index in [1.807, 2.05) is 0 Å². The van der Waals surface area contributed by atoms with Crippen LogP contribution in [0.3, 0.4) is 0 Å². The molecule has 4 N–H and O–H groups in total. The molecule has 4 nitrogen and oxygen atoms in total. The molecule has 1 rings (SSSR count). The highest BCUT2D eigenvalue weighted by atomic mass is 16.1. The van der Waals surface area contributed by atoms with Crippen LogP contribution in [0.2, 0.25) is 0 Å². The molecular formula is C13H27N3O. The van der Waals surface area contributed by atoms with E-state index in [-0.39, 0.29) is 17.9 Å². The zero-order chi connectivity index (χ0) is 12.8. The Morgan fingerprint density at radius 1 is 1.53 bits per heavy atom. The summed E-state index contributed by atoms with van der Waals surface area (Å²) in [6.07, 6.45) is 2.84. The van der Waals surface area contributed by atoms with Crippen molar-refractivity contribution in [2.24, 2.45) is 17.6 Å². The molecule has 1 saturated heterocycles. The Kier molecular flexibility index (Phi) is 5.92. The van der Waals surface area contributed by atoms with Gasteiger partial charge in [0.2, 0.25) is 5.91 Å². The van der Waals surface area contributed by atoms with Crippen LogP contribution in [0.4, 0.5) is 0 Å². The molecule has 0 radical (unpaired) electrons. The first-order chi connectivity index (χ1) is 8.02. The summed E-state index contributed by atoms with van der Waals surface area (Å²) in [5, 5.41) is 6.46. The summed E-state index contributed by atoms with van der Waals surface area (Å²) < 4.78 is 0. The average molecular weight is 241 g/mol. The number of carbonyl (C=O) groups excluding carboxylic acids is 1. The van der Waals surface area contributed by atoms with Gasteiger partial charge in [-0.2, -0.15) is 0 Å². The Hall–Kier alpha value is -0.610. The molecule has 0 saturated carbocycles. The average Bonchev–Trinajstić information content (AvgIpc) is 2.27. The summed E-state index contributed by atoms with van der Waals surface area (Å²) in [6, 6.07) is 0.577. The molecule has 0 bridgehead atoms. The molecule has 1 aliphatic rings. The lowest BCUT2D eigenvalue weighted by Gasteiger charge is -2.29. The number of nitrogens with two attached hydrogens (primary N) is 1. The molecule has 17 heavy (non-hydrogen) atoms. The van der Waals surface area contributed by atoms with Crippen LogP contribution in [0, 0.1) is 11.8 Å². The van der Waals surface area contributed by atoms with E-state index in [0.29, 0.717) is 18.5 Å². The van der Waals surface area contributed by atoms with Gasteiger partial charge in [0.05, 0.1) is 0 Å². The highest BCUT2D eigenvalue weighted by Crippen LogP contribution is 2.16. The van der Waals surface area contributed by atoms with Crippen LogP contribution >= 0.6 is 0 Å². The lowest BCUT2D eigenvalue weighted by Crippen LogP contribution is -2.47. The van der Waals surface area contributed by atoms with E-state index in [2.05, 4.69) is 31.4 Å². The van der Waals surface area contributed by atoms with Gasteiger partial charge in [0, 0.05) is 24.5 Å². The van der Waals surface area contributed by atoms with Gasteiger partial charge < -0.3 is 16.4 Å². The first-order valence-corrected chi connectivity index (χ1v) is 6.76. The van der Waals surface area contributed by atoms with Crippen LogP contribution in [0.1, 0.15) is 40.0 Å². The monoisotopic (exact) mass is 241 g/mol. The fraction of sp³-hybridized carbons (Fsp3) is 0.923. The number of carbonyl (C=O) groups is 1. The summed E-state index contributed by atoms with van der Waals surface area (Å²) in [5.41, 5.74) is 5.70. The standard InChI is InChI=1S/C13H27N3O/c1-9(2)6-12(8-14)16-13(17)11-4-5-15-10(3)7-11/h9-12,15H,4-8,14H2,1-3H3,(H,16,17)/t10-,11-,12?/m0/s1. The third-order valence-corrected chi connectivity index (χ3v) is 3.38. The Balaban J connectivity index is 2.40. The van der Waals surface area contributed by atoms with E-state index in [0.717, 1.165) is 25.8 Å². The largest absolute Gasteiger partial charge is 0.352 e. The summed E-state index contributed by atoms with van der Waals surface area (Å²) >= 11 is 0. The van der Waals surface area contributed by atoms with Gasteiger partial charge in [-0.1, -0.05) is 13.8 Å². The summed E-state index contributed by atoms with van der Waals surface area (Å²) in [4.78, 5) is 12.1. The summed E-state index contributed by atoms with van der Waals surface area (Å²) in [5.74, 6) is 0.915. The zero-order valence-electron chi connectivity index (χ0n) is 11.3. The minimum Gasteiger partial charge on any atom is -0.352 e. The van der Waals surface area contributed by atoms with Crippen molar-refractivity contribution in [3.63, 3.8) is 0 Å². The third kappa shape index (κ3) is 5.04. The number of hydrogen-bond acceptors (Lipinski definition) is 3. The predicted octanol–water partition coefficient (Wildman–Crippen LogP) is 0.864. The van der Waals surface area contributed by atoms with E-state index in [4.69, 9.17) is 5.73 Å². The van der Waals surface area contributed by atoms with Gasteiger partial charge in [-0.3, -0.25) is 4.79 Å². The van der Waals surface area contributed by atoms with Crippen molar-refractivity contribution in [2.75, 3.05) is 13.1 Å². The summed E-state index contributed by atoms with van der Waals surface area (Å²) in [7, 11) is 0. The normalized spacial score (nSPS) is 26.9. The molecule has 1 fully saturated rings. The number of piperidine rings is 1. The van der Waals surface area contributed by atoms with Crippen molar-refractivity contribution < 1.29 is 4.79 Å². The maximum absolute atomic E-state index is 12.1. The quantitative estimate of drug-likeness (QED) is 0.669. The van der Waals surface area contributed by atoms with Crippen molar-refractivity contribution in [2.45, 2.75) is 52.1 Å². The fourth-order valence-corrected chi connectivity index (χ4v) is 2.47. The van der Waals surface area contributed by atoms with Crippen LogP contribution in [0.25, 0.3) is 0 Å². The molecule has 0 aromatic carbocycles. The minimum atomic E-state index is 0.132. The predicted molar refractivity (Wildman–Crippen MR) is 70.6 cm³/mol. The van der Waals surface area contributed by atoms with Crippen molar-refractivity contribution in [3.05, 3.63) is 0 Å². The molecule has 1 amide bonds. The van der Waals surface area contributed by atoms with Crippen molar-refractivity contribution in [1.82, 2.24) is 10.6 Å². The van der Waals surface area contributed by atoms with E-state index >= 15 is 0 Å². The molecule has 0 aromatic rings. The van der Waals surface area contributed by atoms with Gasteiger partial charge in [0.25, 0.3) is 0 Å². The van der Waals surface area contributed by atoms with Crippen LogP contribution in [0.5, 0.6) is 0 Å². The second-order valence-corrected chi connectivity index (χ2v) is 5.65. The van der Waals surface area contributed by atoms with E-state index in [1.54, 1.807) is 0 Å². The van der Waals surface area contributed by atoms with Crippen LogP contribution in [-0.4, -0.2) is 31.1 Å². The third-order valence-electron chi connectivity index (χ3n) is 3.38. The second kappa shape index (κ2) is 6.97. The van der Waals surface area contributed by atoms with Crippen molar-refractivity contribution in [1.29, 1.82) is 0 Å². The van der Waals surface area contributed by atoms with Gasteiger partial charge in [-0.05, 0) is 38.6 Å². The topological polar surface area (TPSA) is 67.1 Å². The number of rotatable bonds is 5. The number of nitrogens with one attached hydrogen (secondary N) is 2. The highest BCUT2D eigenvalue weighted by Gasteiger charge is 2.26. The van der Waals surface area contributed by atoms with Crippen molar-refractivity contribution >= 4 is 5.91 Å². The maximum atomic E-state index is 12.1. The molecule has 4 heteroatoms. The Bertz CT molecular complexity index is 243. The SMILES string of the molecule is CC(C)CC(CN)NC(=O)[C@H]1CCN[C@@H](C)C1. The van der Waals surface area contributed by atoms with Gasteiger partial charge in [-0.25, -0.2) is 0 Å². The first kappa shape index (κ1) is 14.5. The lowest BCUT2D eigenvalue weighted by molar-refractivity contribution is -0.126. The highest BCUT2D eigenvalue weighted by molar-refractivity contribution is 5.79. The molecule has 3 atom stereocenters. The smallest absolute Gasteiger partial charge is 0.223 e. The van der Waals surface area contributed by atoms with Gasteiger partial charge >= 0.3 is 0 Å². The molecule has 0 spiro atoms. The molecule has 1 unspecified atom stereocenters. The molecule has 0 aromatic heterocycles. The number of amides is 1. The Morgan fingerprint density at radius 2 is 2.24 bits per heavy atom. The van der Waals surface area contributed by atoms with E-state index < -0.39 is 0 Å². The Labute approximate surface area is 105 Å². The fourth-order valence-electron chi connectivity index (χ4n) is 2.47. The van der Waals surface area contributed by atoms with Crippen LogP contribution < -0.4 is 16.4 Å². The molecule has 1 heterocycles. The first-order valence-electron chi connectivity index (χ1n) is 6.76. The van der Waals surface area contributed by atoms with Gasteiger partial charge in [0.1, 0.15) is 0 Å². The minimum absolute atomic E-state index is 0.132. The maximum Gasteiger partial charge on any atom is 0.223 e. The van der Waals surface area contributed by atoms with E-state index in [9.17, 15) is 4.79 Å². The van der Waals surface area contributed by atoms with Crippen LogP contribution in [0.15, 0.2) is 0 Å². The Morgan fingerprint density at radius 3 is 2.76 bits per heavy atom. The second-order valence-electron chi connectivity index (χ2n) is 5.65. The van der Waals surface area contributed by atoms with Crippen LogP contribution in [-0.2, 0) is 4.79 Å².